The van der Waals surface area contributed by atoms with Crippen LogP contribution in [0.15, 0.2) is 48.5 Å². The first kappa shape index (κ1) is 15.4. The number of benzene rings is 2. The number of hydrogen-bond donors (Lipinski definition) is 1. The Morgan fingerprint density at radius 1 is 1.00 bits per heavy atom. The monoisotopic (exact) mass is 288 g/mol. The minimum atomic E-state index is -0.765. The van der Waals surface area contributed by atoms with Gasteiger partial charge in [0.2, 0.25) is 0 Å². The van der Waals surface area contributed by atoms with Gasteiger partial charge in [-0.05, 0) is 23.8 Å². The van der Waals surface area contributed by atoms with E-state index in [0.717, 1.165) is 5.56 Å². The quantitative estimate of drug-likeness (QED) is 0.851. The summed E-state index contributed by atoms with van der Waals surface area (Å²) in [5, 5.41) is 10.3. The number of aliphatic hydroxyl groups is 1. The van der Waals surface area contributed by atoms with Gasteiger partial charge in [0.05, 0.1) is 27.4 Å². The molecule has 0 fully saturated rings. The van der Waals surface area contributed by atoms with Gasteiger partial charge in [0.25, 0.3) is 0 Å². The lowest BCUT2D eigenvalue weighted by atomic mass is 10.1. The highest BCUT2D eigenvalue weighted by atomic mass is 16.5. The standard InChI is InChI=1S/C17H20O4/c1-19-14-8-9-17(20-2)15(10-14)16(18)12-21-11-13-6-4-3-5-7-13/h3-10,16,18H,11-12H2,1-2H3. The Kier molecular flexibility index (Phi) is 5.60. The van der Waals surface area contributed by atoms with Gasteiger partial charge >= 0.3 is 0 Å². The van der Waals surface area contributed by atoms with E-state index in [0.29, 0.717) is 23.7 Å². The third-order valence-electron chi connectivity index (χ3n) is 3.18. The summed E-state index contributed by atoms with van der Waals surface area (Å²) in [7, 11) is 3.16. The van der Waals surface area contributed by atoms with Gasteiger partial charge in [-0.2, -0.15) is 0 Å². The van der Waals surface area contributed by atoms with E-state index in [-0.39, 0.29) is 6.61 Å². The Morgan fingerprint density at radius 3 is 2.43 bits per heavy atom. The molecule has 21 heavy (non-hydrogen) atoms. The Bertz CT molecular complexity index is 554. The van der Waals surface area contributed by atoms with Crippen molar-refractivity contribution in [2.24, 2.45) is 0 Å². The lowest BCUT2D eigenvalue weighted by molar-refractivity contribution is 0.0265. The third-order valence-corrected chi connectivity index (χ3v) is 3.18. The molecule has 2 aromatic carbocycles. The first-order valence-electron chi connectivity index (χ1n) is 6.76. The van der Waals surface area contributed by atoms with Crippen LogP contribution in [0.2, 0.25) is 0 Å². The molecule has 0 radical (unpaired) electrons. The molecule has 1 unspecified atom stereocenters. The lowest BCUT2D eigenvalue weighted by Crippen LogP contribution is -2.09. The summed E-state index contributed by atoms with van der Waals surface area (Å²) < 4.78 is 16.0. The fourth-order valence-electron chi connectivity index (χ4n) is 2.05. The largest absolute Gasteiger partial charge is 0.497 e. The van der Waals surface area contributed by atoms with Crippen LogP contribution in [0.1, 0.15) is 17.2 Å². The lowest BCUT2D eigenvalue weighted by Gasteiger charge is -2.16. The number of methoxy groups -OCH3 is 2. The zero-order valence-corrected chi connectivity index (χ0v) is 12.3. The van der Waals surface area contributed by atoms with Crippen molar-refractivity contribution in [1.29, 1.82) is 0 Å². The van der Waals surface area contributed by atoms with Crippen LogP contribution in [0.3, 0.4) is 0 Å². The minimum absolute atomic E-state index is 0.193. The third kappa shape index (κ3) is 4.21. The van der Waals surface area contributed by atoms with Crippen molar-refractivity contribution in [3.63, 3.8) is 0 Å². The summed E-state index contributed by atoms with van der Waals surface area (Å²) >= 11 is 0. The molecule has 0 saturated carbocycles. The smallest absolute Gasteiger partial charge is 0.125 e. The average Bonchev–Trinajstić information content (AvgIpc) is 2.55. The van der Waals surface area contributed by atoms with Crippen molar-refractivity contribution in [3.8, 4) is 11.5 Å². The molecule has 0 spiro atoms. The number of ether oxygens (including phenoxy) is 3. The van der Waals surface area contributed by atoms with E-state index in [1.54, 1.807) is 32.4 Å². The summed E-state index contributed by atoms with van der Waals surface area (Å²) in [6, 6.07) is 15.2. The Morgan fingerprint density at radius 2 is 1.76 bits per heavy atom. The molecule has 0 aromatic heterocycles. The van der Waals surface area contributed by atoms with Gasteiger partial charge in [0, 0.05) is 5.56 Å². The van der Waals surface area contributed by atoms with Crippen molar-refractivity contribution in [1.82, 2.24) is 0 Å². The van der Waals surface area contributed by atoms with Gasteiger partial charge in [-0.25, -0.2) is 0 Å². The molecule has 1 atom stereocenters. The van der Waals surface area contributed by atoms with Crippen LogP contribution in [0.5, 0.6) is 11.5 Å². The van der Waals surface area contributed by atoms with E-state index in [9.17, 15) is 5.11 Å². The van der Waals surface area contributed by atoms with E-state index >= 15 is 0 Å². The fraction of sp³-hybridized carbons (Fsp3) is 0.294. The summed E-state index contributed by atoms with van der Waals surface area (Å²) in [6.45, 7) is 0.655. The topological polar surface area (TPSA) is 47.9 Å². The van der Waals surface area contributed by atoms with Crippen LogP contribution in [0, 0.1) is 0 Å². The number of rotatable bonds is 7. The zero-order valence-electron chi connectivity index (χ0n) is 12.3. The molecule has 2 aromatic rings. The SMILES string of the molecule is COc1ccc(OC)c(C(O)COCc2ccccc2)c1. The van der Waals surface area contributed by atoms with Crippen molar-refractivity contribution >= 4 is 0 Å². The van der Waals surface area contributed by atoms with Gasteiger partial charge in [-0.15, -0.1) is 0 Å². The number of hydrogen-bond acceptors (Lipinski definition) is 4. The van der Waals surface area contributed by atoms with Crippen molar-refractivity contribution in [2.75, 3.05) is 20.8 Å². The van der Waals surface area contributed by atoms with E-state index in [2.05, 4.69) is 0 Å². The zero-order chi connectivity index (χ0) is 15.1. The second-order valence-corrected chi connectivity index (χ2v) is 4.62. The van der Waals surface area contributed by atoms with Crippen LogP contribution in [0.4, 0.5) is 0 Å². The molecule has 4 heteroatoms. The maximum atomic E-state index is 10.3. The maximum Gasteiger partial charge on any atom is 0.125 e. The van der Waals surface area contributed by atoms with Crippen LogP contribution < -0.4 is 9.47 Å². The molecule has 0 amide bonds. The summed E-state index contributed by atoms with van der Waals surface area (Å²) in [5.41, 5.74) is 1.73. The second kappa shape index (κ2) is 7.67. The molecule has 0 aliphatic heterocycles. The predicted molar refractivity (Wildman–Crippen MR) is 80.6 cm³/mol. The number of aliphatic hydroxyl groups excluding tert-OH is 1. The van der Waals surface area contributed by atoms with Gasteiger partial charge in [0.15, 0.2) is 0 Å². The highest BCUT2D eigenvalue weighted by Crippen LogP contribution is 2.29. The summed E-state index contributed by atoms with van der Waals surface area (Å²) in [4.78, 5) is 0. The Hall–Kier alpha value is -2.04. The average molecular weight is 288 g/mol. The normalized spacial score (nSPS) is 12.0. The van der Waals surface area contributed by atoms with Crippen LogP contribution in [-0.2, 0) is 11.3 Å². The first-order chi connectivity index (χ1) is 10.2. The van der Waals surface area contributed by atoms with E-state index < -0.39 is 6.10 Å². The predicted octanol–water partition coefficient (Wildman–Crippen LogP) is 2.95. The van der Waals surface area contributed by atoms with Crippen LogP contribution >= 0.6 is 0 Å². The molecule has 0 aliphatic carbocycles. The minimum Gasteiger partial charge on any atom is -0.497 e. The van der Waals surface area contributed by atoms with Crippen molar-refractivity contribution < 1.29 is 19.3 Å². The summed E-state index contributed by atoms with van der Waals surface area (Å²) in [5.74, 6) is 1.29. The molecule has 0 saturated heterocycles. The molecular formula is C17H20O4. The molecule has 0 aliphatic rings. The second-order valence-electron chi connectivity index (χ2n) is 4.62. The molecule has 0 heterocycles. The van der Waals surface area contributed by atoms with Crippen LogP contribution in [-0.4, -0.2) is 25.9 Å². The highest BCUT2D eigenvalue weighted by molar-refractivity contribution is 5.41. The van der Waals surface area contributed by atoms with E-state index in [4.69, 9.17) is 14.2 Å². The Balaban J connectivity index is 1.97. The summed E-state index contributed by atoms with van der Waals surface area (Å²) in [6.07, 6.45) is -0.765. The van der Waals surface area contributed by atoms with Crippen molar-refractivity contribution in [3.05, 3.63) is 59.7 Å². The molecule has 112 valence electrons. The first-order valence-corrected chi connectivity index (χ1v) is 6.76. The molecule has 1 N–H and O–H groups in total. The van der Waals surface area contributed by atoms with Gasteiger partial charge < -0.3 is 19.3 Å². The molecule has 0 bridgehead atoms. The van der Waals surface area contributed by atoms with E-state index in [1.165, 1.54) is 0 Å². The van der Waals surface area contributed by atoms with Gasteiger partial charge in [-0.1, -0.05) is 30.3 Å². The highest BCUT2D eigenvalue weighted by Gasteiger charge is 2.14. The molecular weight excluding hydrogens is 268 g/mol. The van der Waals surface area contributed by atoms with E-state index in [1.807, 2.05) is 30.3 Å². The molecule has 4 nitrogen and oxygen atoms in total. The fourth-order valence-corrected chi connectivity index (χ4v) is 2.05. The van der Waals surface area contributed by atoms with Crippen molar-refractivity contribution in [2.45, 2.75) is 12.7 Å². The van der Waals surface area contributed by atoms with Gasteiger partial charge in [0.1, 0.15) is 17.6 Å². The molecule has 2 rings (SSSR count). The maximum absolute atomic E-state index is 10.3. The van der Waals surface area contributed by atoms with Gasteiger partial charge in [-0.3, -0.25) is 0 Å². The Labute approximate surface area is 124 Å². The van der Waals surface area contributed by atoms with Crippen LogP contribution in [0.25, 0.3) is 0 Å².